The lowest BCUT2D eigenvalue weighted by Crippen LogP contribution is -2.55. The first-order chi connectivity index (χ1) is 17.2. The first-order valence-electron chi connectivity index (χ1n) is 11.1. The molecule has 1 atom stereocenters. The van der Waals surface area contributed by atoms with Gasteiger partial charge in [0.15, 0.2) is 0 Å². The molecule has 0 radical (unpaired) electrons. The Kier molecular flexibility index (Phi) is 5.88. The summed E-state index contributed by atoms with van der Waals surface area (Å²) in [6, 6.07) is 5.58. The Labute approximate surface area is 201 Å². The highest BCUT2D eigenvalue weighted by atomic mass is 19.3. The number of amides is 1. The van der Waals surface area contributed by atoms with Crippen LogP contribution in [0.5, 0.6) is 5.88 Å². The number of rotatable bonds is 6. The smallest absolute Gasteiger partial charge is 0.285 e. The summed E-state index contributed by atoms with van der Waals surface area (Å²) in [4.78, 5) is 16.9. The van der Waals surface area contributed by atoms with Crippen LogP contribution in [0.2, 0.25) is 0 Å². The highest BCUT2D eigenvalue weighted by molar-refractivity contribution is 5.89. The lowest BCUT2D eigenvalue weighted by atomic mass is 10.0. The van der Waals surface area contributed by atoms with E-state index < -0.39 is 37.4 Å². The second-order valence-electron chi connectivity index (χ2n) is 8.52. The molecule has 1 aliphatic heterocycles. The summed E-state index contributed by atoms with van der Waals surface area (Å²) in [6.45, 7) is 0.172. The van der Waals surface area contributed by atoms with Crippen LogP contribution < -0.4 is 10.1 Å². The molecule has 0 aliphatic carbocycles. The summed E-state index contributed by atoms with van der Waals surface area (Å²) in [7, 11) is 1.40. The third-order valence-electron chi connectivity index (χ3n) is 6.16. The maximum Gasteiger partial charge on any atom is 0.285 e. The van der Waals surface area contributed by atoms with Crippen LogP contribution in [0.4, 0.5) is 23.5 Å². The van der Waals surface area contributed by atoms with E-state index in [9.17, 15) is 22.4 Å². The van der Waals surface area contributed by atoms with Gasteiger partial charge in [0.05, 0.1) is 25.2 Å². The maximum atomic E-state index is 14.7. The molecule has 190 valence electrons. The molecule has 10 nitrogen and oxygen atoms in total. The molecule has 4 aromatic rings. The largest absolute Gasteiger partial charge is 0.479 e. The second-order valence-corrected chi connectivity index (χ2v) is 8.52. The Morgan fingerprint density at radius 3 is 2.81 bits per heavy atom. The fourth-order valence-electron chi connectivity index (χ4n) is 4.37. The van der Waals surface area contributed by atoms with Gasteiger partial charge in [0.2, 0.25) is 17.7 Å². The number of nitrogens with one attached hydrogen (secondary N) is 1. The van der Waals surface area contributed by atoms with E-state index in [1.54, 1.807) is 30.5 Å². The fourth-order valence-corrected chi connectivity index (χ4v) is 4.37. The van der Waals surface area contributed by atoms with Crippen LogP contribution in [0.15, 0.2) is 30.5 Å². The van der Waals surface area contributed by atoms with Crippen molar-refractivity contribution in [2.45, 2.75) is 38.3 Å². The zero-order valence-electron chi connectivity index (χ0n) is 19.3. The van der Waals surface area contributed by atoms with Crippen LogP contribution in [-0.4, -0.2) is 79.0 Å². The summed E-state index contributed by atoms with van der Waals surface area (Å²) in [6.07, 6.45) is -0.946. The first-order valence-corrected chi connectivity index (χ1v) is 11.1. The first kappa shape index (κ1) is 23.8. The minimum atomic E-state index is -3.18. The van der Waals surface area contributed by atoms with Crippen molar-refractivity contribution in [3.63, 3.8) is 0 Å². The molecule has 1 aromatic carbocycles. The van der Waals surface area contributed by atoms with Crippen LogP contribution in [0.3, 0.4) is 0 Å². The minimum absolute atomic E-state index is 0.0214. The van der Waals surface area contributed by atoms with E-state index in [1.807, 2.05) is 0 Å². The van der Waals surface area contributed by atoms with Crippen LogP contribution in [-0.2, 0) is 11.3 Å². The molecule has 4 heterocycles. The molecular weight excluding hydrogens is 484 g/mol. The lowest BCUT2D eigenvalue weighted by Gasteiger charge is -2.38. The molecule has 1 N–H and O–H groups in total. The molecule has 0 unspecified atom stereocenters. The van der Waals surface area contributed by atoms with Crippen molar-refractivity contribution in [1.82, 2.24) is 34.5 Å². The SMILES string of the molecule is COc1nc(N[C@H]2CCN(C(C)=O)CC2(F)F)nn2ccc(-c3ccc4nnn(CC(F)F)c4c3)c12. The second kappa shape index (κ2) is 8.91. The minimum Gasteiger partial charge on any atom is -0.479 e. The Morgan fingerprint density at radius 2 is 2.11 bits per heavy atom. The number of benzene rings is 1. The van der Waals surface area contributed by atoms with E-state index in [-0.39, 0.29) is 24.8 Å². The van der Waals surface area contributed by atoms with E-state index in [0.29, 0.717) is 27.7 Å². The van der Waals surface area contributed by atoms with Crippen molar-refractivity contribution < 1.29 is 27.1 Å². The Hall–Kier alpha value is -3.97. The van der Waals surface area contributed by atoms with E-state index in [1.165, 1.54) is 18.5 Å². The van der Waals surface area contributed by atoms with E-state index >= 15 is 0 Å². The zero-order chi connectivity index (χ0) is 25.6. The number of nitrogens with zero attached hydrogens (tertiary/aromatic N) is 7. The molecular formula is C22H22F4N8O2. The van der Waals surface area contributed by atoms with Gasteiger partial charge in [0, 0.05) is 25.2 Å². The van der Waals surface area contributed by atoms with Crippen molar-refractivity contribution in [1.29, 1.82) is 0 Å². The van der Waals surface area contributed by atoms with Crippen molar-refractivity contribution >= 4 is 28.4 Å². The van der Waals surface area contributed by atoms with Gasteiger partial charge in [-0.05, 0) is 30.2 Å². The number of hydrogen-bond acceptors (Lipinski definition) is 7. The van der Waals surface area contributed by atoms with Gasteiger partial charge in [-0.25, -0.2) is 26.8 Å². The summed E-state index contributed by atoms with van der Waals surface area (Å²) < 4.78 is 63.3. The van der Waals surface area contributed by atoms with Crippen molar-refractivity contribution in [2.75, 3.05) is 25.5 Å². The summed E-state index contributed by atoms with van der Waals surface area (Å²) in [5.74, 6) is -3.51. The molecule has 3 aromatic heterocycles. The Morgan fingerprint density at radius 1 is 1.31 bits per heavy atom. The topological polar surface area (TPSA) is 102 Å². The lowest BCUT2D eigenvalue weighted by molar-refractivity contribution is -0.140. The van der Waals surface area contributed by atoms with E-state index in [4.69, 9.17) is 4.74 Å². The molecule has 0 saturated carbocycles. The monoisotopic (exact) mass is 506 g/mol. The quantitative estimate of drug-likeness (QED) is 0.401. The number of anilines is 1. The van der Waals surface area contributed by atoms with Gasteiger partial charge in [-0.15, -0.1) is 10.2 Å². The molecule has 1 saturated heterocycles. The highest BCUT2D eigenvalue weighted by Crippen LogP contribution is 2.34. The van der Waals surface area contributed by atoms with Gasteiger partial charge in [-0.2, -0.15) is 4.98 Å². The average molecular weight is 506 g/mol. The number of carbonyl (C=O) groups is 1. The molecule has 5 rings (SSSR count). The number of halogens is 4. The van der Waals surface area contributed by atoms with Gasteiger partial charge in [-0.1, -0.05) is 11.3 Å². The van der Waals surface area contributed by atoms with E-state index in [2.05, 4.69) is 25.7 Å². The predicted octanol–water partition coefficient (Wildman–Crippen LogP) is 3.08. The van der Waals surface area contributed by atoms with Crippen LogP contribution >= 0.6 is 0 Å². The average Bonchev–Trinajstić information content (AvgIpc) is 3.43. The molecule has 1 amide bonds. The summed E-state index contributed by atoms with van der Waals surface area (Å²) in [5.41, 5.74) is 2.67. The summed E-state index contributed by atoms with van der Waals surface area (Å²) in [5, 5.41) is 14.7. The van der Waals surface area contributed by atoms with Crippen molar-refractivity contribution in [2.24, 2.45) is 0 Å². The van der Waals surface area contributed by atoms with Gasteiger partial charge >= 0.3 is 0 Å². The highest BCUT2D eigenvalue weighted by Gasteiger charge is 2.45. The molecule has 1 aliphatic rings. The van der Waals surface area contributed by atoms with Crippen LogP contribution in [0.1, 0.15) is 13.3 Å². The number of aromatic nitrogens is 6. The van der Waals surface area contributed by atoms with E-state index in [0.717, 1.165) is 9.58 Å². The zero-order valence-corrected chi connectivity index (χ0v) is 19.3. The number of ether oxygens (including phenoxy) is 1. The fraction of sp³-hybridized carbons (Fsp3) is 0.409. The Balaban J connectivity index is 1.48. The number of likely N-dealkylation sites (tertiary alicyclic amines) is 1. The molecule has 0 spiro atoms. The number of carbonyl (C=O) groups excluding carboxylic acids is 1. The van der Waals surface area contributed by atoms with Gasteiger partial charge in [0.25, 0.3) is 12.3 Å². The molecule has 14 heteroatoms. The number of piperidine rings is 1. The molecule has 36 heavy (non-hydrogen) atoms. The van der Waals surface area contributed by atoms with Gasteiger partial charge in [-0.3, -0.25) is 4.79 Å². The number of fused-ring (bicyclic) bond motifs is 2. The number of methoxy groups -OCH3 is 1. The molecule has 1 fully saturated rings. The third kappa shape index (κ3) is 4.27. The third-order valence-corrected chi connectivity index (χ3v) is 6.16. The number of alkyl halides is 4. The van der Waals surface area contributed by atoms with Crippen LogP contribution in [0.25, 0.3) is 27.7 Å². The summed E-state index contributed by atoms with van der Waals surface area (Å²) >= 11 is 0. The van der Waals surface area contributed by atoms with Crippen molar-refractivity contribution in [3.05, 3.63) is 30.5 Å². The van der Waals surface area contributed by atoms with Gasteiger partial charge in [0.1, 0.15) is 17.6 Å². The number of hydrogen-bond donors (Lipinski definition) is 1. The predicted molar refractivity (Wildman–Crippen MR) is 121 cm³/mol. The standard InChI is InChI=1S/C22H22F4N8O2/c1-12(35)32-7-6-17(22(25,26)11-32)27-21-28-20(36-2)19-14(5-8-33(19)30-21)13-3-4-15-16(9-13)34(31-29-15)10-18(23)24/h3-5,8-9,17-18H,6-7,10-11H2,1-2H3,(H,27,30)/t17-/m0/s1. The van der Waals surface area contributed by atoms with Crippen molar-refractivity contribution in [3.8, 4) is 17.0 Å². The van der Waals surface area contributed by atoms with Gasteiger partial charge < -0.3 is 15.0 Å². The molecule has 0 bridgehead atoms. The Bertz CT molecular complexity index is 1440. The normalized spacial score (nSPS) is 17.8. The van der Waals surface area contributed by atoms with Crippen LogP contribution in [0, 0.1) is 0 Å². The maximum absolute atomic E-state index is 14.7.